The molecule has 2 heterocycles. The van der Waals surface area contributed by atoms with Crippen molar-refractivity contribution in [2.24, 2.45) is 5.92 Å². The Bertz CT molecular complexity index is 373. The van der Waals surface area contributed by atoms with Gasteiger partial charge in [-0.2, -0.15) is 0 Å². The van der Waals surface area contributed by atoms with Crippen LogP contribution in [-0.2, 0) is 0 Å². The van der Waals surface area contributed by atoms with Crippen molar-refractivity contribution in [2.75, 3.05) is 51.0 Å². The Morgan fingerprint density at radius 2 is 2.11 bits per heavy atom. The third-order valence-electron chi connectivity index (χ3n) is 3.64. The number of nitrogens with zero attached hydrogens (tertiary/aromatic N) is 4. The molecule has 1 aromatic rings. The Kier molecular flexibility index (Phi) is 4.36. The number of nitrogens with one attached hydrogen (secondary N) is 1. The van der Waals surface area contributed by atoms with Gasteiger partial charge >= 0.3 is 0 Å². The smallest absolute Gasteiger partial charge is 0.149 e. The molecule has 0 spiro atoms. The molecule has 1 aliphatic rings. The Morgan fingerprint density at radius 1 is 1.39 bits per heavy atom. The van der Waals surface area contributed by atoms with Gasteiger partial charge < -0.3 is 15.1 Å². The number of piperidine rings is 1. The quantitative estimate of drug-likeness (QED) is 0.871. The van der Waals surface area contributed by atoms with Gasteiger partial charge in [-0.05, 0) is 38.9 Å². The zero-order valence-electron chi connectivity index (χ0n) is 11.6. The molecule has 5 nitrogen and oxygen atoms in total. The Balaban J connectivity index is 1.92. The van der Waals surface area contributed by atoms with Gasteiger partial charge in [0.1, 0.15) is 11.6 Å². The van der Waals surface area contributed by atoms with Crippen LogP contribution in [0.25, 0.3) is 0 Å². The first-order valence-electron chi connectivity index (χ1n) is 6.58. The normalized spacial score (nSPS) is 17.7. The van der Waals surface area contributed by atoms with E-state index in [4.69, 9.17) is 0 Å². The Labute approximate surface area is 109 Å². The lowest BCUT2D eigenvalue weighted by Gasteiger charge is -2.32. The predicted molar refractivity (Wildman–Crippen MR) is 75.1 cm³/mol. The highest BCUT2D eigenvalue weighted by atomic mass is 15.2. The second-order valence-corrected chi connectivity index (χ2v) is 5.14. The molecule has 1 N–H and O–H groups in total. The van der Waals surface area contributed by atoms with Crippen LogP contribution in [0.3, 0.4) is 0 Å². The molecule has 0 unspecified atom stereocenters. The summed E-state index contributed by atoms with van der Waals surface area (Å²) in [5.41, 5.74) is 0. The molecule has 0 radical (unpaired) electrons. The molecular weight excluding hydrogens is 226 g/mol. The van der Waals surface area contributed by atoms with Crippen LogP contribution in [-0.4, -0.2) is 55.6 Å². The predicted octanol–water partition coefficient (Wildman–Crippen LogP) is 1.30. The molecule has 2 rings (SSSR count). The number of aromatic nitrogens is 2. The molecule has 18 heavy (non-hydrogen) atoms. The highest BCUT2D eigenvalue weighted by Crippen LogP contribution is 2.19. The summed E-state index contributed by atoms with van der Waals surface area (Å²) < 4.78 is 0. The average molecular weight is 249 g/mol. The first kappa shape index (κ1) is 13.1. The minimum Gasteiger partial charge on any atom is -0.372 e. The maximum Gasteiger partial charge on any atom is 0.149 e. The van der Waals surface area contributed by atoms with Crippen molar-refractivity contribution in [2.45, 2.75) is 12.8 Å². The fourth-order valence-electron chi connectivity index (χ4n) is 2.39. The third-order valence-corrected chi connectivity index (χ3v) is 3.64. The van der Waals surface area contributed by atoms with Crippen LogP contribution in [0.1, 0.15) is 12.8 Å². The lowest BCUT2D eigenvalue weighted by molar-refractivity contribution is 0.222. The number of rotatable bonds is 4. The summed E-state index contributed by atoms with van der Waals surface area (Å²) in [6.07, 6.45) is 6.13. The van der Waals surface area contributed by atoms with E-state index in [-0.39, 0.29) is 0 Å². The van der Waals surface area contributed by atoms with Crippen molar-refractivity contribution < 1.29 is 0 Å². The highest BCUT2D eigenvalue weighted by molar-refractivity contribution is 5.42. The van der Waals surface area contributed by atoms with Crippen LogP contribution in [0.2, 0.25) is 0 Å². The van der Waals surface area contributed by atoms with Gasteiger partial charge in [-0.15, -0.1) is 0 Å². The van der Waals surface area contributed by atoms with E-state index in [1.165, 1.54) is 25.9 Å². The summed E-state index contributed by atoms with van der Waals surface area (Å²) in [7, 11) is 6.16. The molecule has 5 heteroatoms. The molecule has 0 amide bonds. The van der Waals surface area contributed by atoms with Gasteiger partial charge in [-0.3, -0.25) is 4.98 Å². The zero-order chi connectivity index (χ0) is 13.0. The summed E-state index contributed by atoms with van der Waals surface area (Å²) in [5.74, 6) is 2.54. The van der Waals surface area contributed by atoms with Crippen LogP contribution in [0, 0.1) is 5.92 Å². The van der Waals surface area contributed by atoms with Crippen molar-refractivity contribution in [3.8, 4) is 0 Å². The zero-order valence-corrected chi connectivity index (χ0v) is 11.6. The van der Waals surface area contributed by atoms with Crippen LogP contribution < -0.4 is 10.2 Å². The summed E-state index contributed by atoms with van der Waals surface area (Å²) >= 11 is 0. The molecular formula is C13H23N5. The van der Waals surface area contributed by atoms with Gasteiger partial charge in [0.2, 0.25) is 0 Å². The minimum absolute atomic E-state index is 0.770. The SMILES string of the molecule is CNc1cncc(N(C)CC2CCN(C)CC2)n1. The number of hydrogen-bond donors (Lipinski definition) is 1. The van der Waals surface area contributed by atoms with Crippen molar-refractivity contribution in [3.63, 3.8) is 0 Å². The van der Waals surface area contributed by atoms with Crippen molar-refractivity contribution in [1.82, 2.24) is 14.9 Å². The minimum atomic E-state index is 0.770. The highest BCUT2D eigenvalue weighted by Gasteiger charge is 2.18. The molecule has 0 aromatic carbocycles. The van der Waals surface area contributed by atoms with Crippen molar-refractivity contribution in [1.29, 1.82) is 0 Å². The lowest BCUT2D eigenvalue weighted by atomic mass is 9.97. The fraction of sp³-hybridized carbons (Fsp3) is 0.692. The van der Waals surface area contributed by atoms with Gasteiger partial charge in [0.05, 0.1) is 12.4 Å². The second-order valence-electron chi connectivity index (χ2n) is 5.14. The molecule has 1 aliphatic heterocycles. The molecule has 0 aliphatic carbocycles. The van der Waals surface area contributed by atoms with Crippen LogP contribution in [0.4, 0.5) is 11.6 Å². The Hall–Kier alpha value is -1.36. The summed E-state index contributed by atoms with van der Waals surface area (Å²) in [4.78, 5) is 13.3. The number of hydrogen-bond acceptors (Lipinski definition) is 5. The lowest BCUT2D eigenvalue weighted by Crippen LogP contribution is -2.36. The topological polar surface area (TPSA) is 44.3 Å². The molecule has 0 saturated carbocycles. The second kappa shape index (κ2) is 6.00. The first-order chi connectivity index (χ1) is 8.69. The van der Waals surface area contributed by atoms with E-state index in [9.17, 15) is 0 Å². The molecule has 1 fully saturated rings. The van der Waals surface area contributed by atoms with Gasteiger partial charge in [0, 0.05) is 20.6 Å². The molecule has 100 valence electrons. The van der Waals surface area contributed by atoms with E-state index < -0.39 is 0 Å². The maximum absolute atomic E-state index is 4.51. The molecule has 0 atom stereocenters. The average Bonchev–Trinajstić information content (AvgIpc) is 2.41. The summed E-state index contributed by atoms with van der Waals surface area (Å²) in [6, 6.07) is 0. The number of likely N-dealkylation sites (tertiary alicyclic amines) is 1. The third kappa shape index (κ3) is 3.32. The van der Waals surface area contributed by atoms with Crippen LogP contribution in [0.15, 0.2) is 12.4 Å². The molecule has 1 aromatic heterocycles. The van der Waals surface area contributed by atoms with Gasteiger partial charge in [-0.25, -0.2) is 4.98 Å². The van der Waals surface area contributed by atoms with E-state index in [1.807, 2.05) is 13.2 Å². The number of anilines is 2. The summed E-state index contributed by atoms with van der Waals surface area (Å²) in [5, 5.41) is 3.02. The molecule has 1 saturated heterocycles. The monoisotopic (exact) mass is 249 g/mol. The van der Waals surface area contributed by atoms with Gasteiger partial charge in [0.15, 0.2) is 0 Å². The largest absolute Gasteiger partial charge is 0.372 e. The van der Waals surface area contributed by atoms with E-state index >= 15 is 0 Å². The van der Waals surface area contributed by atoms with Gasteiger partial charge in [-0.1, -0.05) is 0 Å². The van der Waals surface area contributed by atoms with Crippen molar-refractivity contribution >= 4 is 11.6 Å². The fourth-order valence-corrected chi connectivity index (χ4v) is 2.39. The van der Waals surface area contributed by atoms with E-state index in [2.05, 4.69) is 39.2 Å². The van der Waals surface area contributed by atoms with Crippen LogP contribution in [0.5, 0.6) is 0 Å². The van der Waals surface area contributed by atoms with Crippen LogP contribution >= 0.6 is 0 Å². The first-order valence-corrected chi connectivity index (χ1v) is 6.58. The van der Waals surface area contributed by atoms with E-state index in [1.54, 1.807) is 6.20 Å². The standard InChI is InChI=1S/C13H23N5/c1-14-12-8-15-9-13(16-12)18(3)10-11-4-6-17(2)7-5-11/h8-9,11H,4-7,10H2,1-3H3,(H,14,16). The van der Waals surface area contributed by atoms with E-state index in [0.29, 0.717) is 0 Å². The maximum atomic E-state index is 4.51. The summed E-state index contributed by atoms with van der Waals surface area (Å²) in [6.45, 7) is 3.48. The van der Waals surface area contributed by atoms with E-state index in [0.717, 1.165) is 24.1 Å². The van der Waals surface area contributed by atoms with Crippen molar-refractivity contribution in [3.05, 3.63) is 12.4 Å². The molecule has 0 bridgehead atoms. The van der Waals surface area contributed by atoms with Gasteiger partial charge in [0.25, 0.3) is 0 Å². The Morgan fingerprint density at radius 3 is 2.78 bits per heavy atom.